The van der Waals surface area contributed by atoms with Crippen molar-refractivity contribution in [3.63, 3.8) is 0 Å². The first-order valence-electron chi connectivity index (χ1n) is 11.0. The highest BCUT2D eigenvalue weighted by Gasteiger charge is 2.37. The van der Waals surface area contributed by atoms with Crippen molar-refractivity contribution in [2.24, 2.45) is 11.7 Å². The van der Waals surface area contributed by atoms with E-state index < -0.39 is 17.5 Å². The summed E-state index contributed by atoms with van der Waals surface area (Å²) < 4.78 is 1.40. The van der Waals surface area contributed by atoms with Gasteiger partial charge >= 0.3 is 0 Å². The summed E-state index contributed by atoms with van der Waals surface area (Å²) in [4.78, 5) is 38.6. The van der Waals surface area contributed by atoms with Crippen LogP contribution in [0.2, 0.25) is 5.02 Å². The number of carbonyl (C=O) groups is 1. The molecule has 4 aromatic rings. The van der Waals surface area contributed by atoms with Crippen molar-refractivity contribution in [1.82, 2.24) is 19.5 Å². The smallest absolute Gasteiger partial charge is 0.267 e. The molecule has 1 amide bonds. The van der Waals surface area contributed by atoms with Crippen molar-refractivity contribution in [2.75, 3.05) is 16.8 Å². The fourth-order valence-electron chi connectivity index (χ4n) is 4.14. The number of fused-ring (bicyclic) bond motifs is 1. The predicted octanol–water partition coefficient (Wildman–Crippen LogP) is 2.53. The van der Waals surface area contributed by atoms with Crippen LogP contribution in [0.5, 0.6) is 0 Å². The molecule has 1 saturated carbocycles. The summed E-state index contributed by atoms with van der Waals surface area (Å²) in [5.74, 6) is -0.250. The molecule has 1 atom stereocenters. The number of nitrogens with two attached hydrogens (primary N) is 3. The number of halogens is 1. The lowest BCUT2D eigenvalue weighted by Gasteiger charge is -2.24. The van der Waals surface area contributed by atoms with E-state index in [0.717, 1.165) is 12.8 Å². The minimum Gasteiger partial charge on any atom is -0.382 e. The summed E-state index contributed by atoms with van der Waals surface area (Å²) in [7, 11) is 0. The second-order valence-corrected chi connectivity index (χ2v) is 8.83. The molecule has 0 saturated heterocycles. The number of nitriles is 1. The number of nitrogens with zero attached hydrogens (tertiary/aromatic N) is 5. The zero-order valence-corrected chi connectivity index (χ0v) is 19.5. The van der Waals surface area contributed by atoms with E-state index >= 15 is 0 Å². The maximum absolute atomic E-state index is 13.9. The molecule has 2 aromatic carbocycles. The second-order valence-electron chi connectivity index (χ2n) is 8.42. The van der Waals surface area contributed by atoms with Crippen LogP contribution >= 0.6 is 11.6 Å². The second kappa shape index (κ2) is 8.83. The first-order chi connectivity index (χ1) is 17.3. The minimum atomic E-state index is -0.638. The molecule has 1 aliphatic rings. The molecule has 0 aliphatic heterocycles. The molecule has 5 rings (SSSR count). The lowest BCUT2D eigenvalue weighted by Crippen LogP contribution is -2.30. The van der Waals surface area contributed by atoms with Crippen LogP contribution in [0.3, 0.4) is 0 Å². The number of benzene rings is 2. The third-order valence-electron chi connectivity index (χ3n) is 5.99. The summed E-state index contributed by atoms with van der Waals surface area (Å²) in [6, 6.07) is 12.8. The molecule has 1 aliphatic carbocycles. The van der Waals surface area contributed by atoms with Crippen LogP contribution in [0.4, 0.5) is 17.6 Å². The molecule has 1 unspecified atom stereocenters. The Balaban J connectivity index is 1.78. The number of hydrogen-bond acceptors (Lipinski definition) is 9. The minimum absolute atomic E-state index is 0.0308. The number of hydrogen-bond donors (Lipinski definition) is 4. The highest BCUT2D eigenvalue weighted by Crippen LogP contribution is 2.43. The number of anilines is 3. The van der Waals surface area contributed by atoms with E-state index in [9.17, 15) is 14.9 Å². The largest absolute Gasteiger partial charge is 0.382 e. The number of rotatable bonds is 6. The first kappa shape index (κ1) is 23.1. The number of nitrogen functional groups attached to an aromatic ring is 2. The summed E-state index contributed by atoms with van der Waals surface area (Å²) in [6.07, 6.45) is 1.70. The van der Waals surface area contributed by atoms with E-state index in [1.165, 1.54) is 10.6 Å². The molecular weight excluding hydrogens is 482 g/mol. The number of nitrogens with one attached hydrogen (secondary N) is 1. The van der Waals surface area contributed by atoms with Gasteiger partial charge in [-0.15, -0.1) is 0 Å². The molecule has 11 nitrogen and oxygen atoms in total. The summed E-state index contributed by atoms with van der Waals surface area (Å²) in [5.41, 5.74) is 17.8. The van der Waals surface area contributed by atoms with E-state index in [1.807, 2.05) is 6.07 Å². The number of aromatic nitrogens is 4. The van der Waals surface area contributed by atoms with Gasteiger partial charge in [0.1, 0.15) is 23.3 Å². The lowest BCUT2D eigenvalue weighted by molar-refractivity contribution is 0.1000. The van der Waals surface area contributed by atoms with E-state index in [1.54, 1.807) is 36.4 Å². The van der Waals surface area contributed by atoms with E-state index in [-0.39, 0.29) is 45.0 Å². The van der Waals surface area contributed by atoms with Gasteiger partial charge in [0.05, 0.1) is 27.7 Å². The molecule has 0 bridgehead atoms. The number of amides is 1. The Morgan fingerprint density at radius 2 is 1.92 bits per heavy atom. The fraction of sp³-hybridized carbons (Fsp3) is 0.167. The molecule has 1 fully saturated rings. The topological polar surface area (TPSA) is 192 Å². The molecule has 2 heterocycles. The quantitative estimate of drug-likeness (QED) is 0.307. The van der Waals surface area contributed by atoms with E-state index in [2.05, 4.69) is 15.3 Å². The van der Waals surface area contributed by atoms with Gasteiger partial charge in [0, 0.05) is 5.56 Å². The fourth-order valence-corrected chi connectivity index (χ4v) is 4.39. The van der Waals surface area contributed by atoms with Gasteiger partial charge in [0.15, 0.2) is 5.82 Å². The Morgan fingerprint density at radius 3 is 2.61 bits per heavy atom. The maximum atomic E-state index is 13.9. The summed E-state index contributed by atoms with van der Waals surface area (Å²) in [5, 5.41) is 13.3. The van der Waals surface area contributed by atoms with Gasteiger partial charge in [-0.2, -0.15) is 15.2 Å². The van der Waals surface area contributed by atoms with Crippen molar-refractivity contribution >= 4 is 46.0 Å². The molecule has 12 heteroatoms. The van der Waals surface area contributed by atoms with Gasteiger partial charge in [-0.25, -0.2) is 4.98 Å². The monoisotopic (exact) mass is 501 g/mol. The average Bonchev–Trinajstić information content (AvgIpc) is 3.67. The standard InChI is InChI=1S/C24H20ClN9O2/c25-15-5-2-6-16-17(15)23(36)34(13-4-1-3-12(9-13)20(28)35)22(30-16)18(11-7-8-11)31-21-14(10-26)19(27)32-24(29)33-21/h1-6,9,11,18H,7-8H2,(H2,28,35)(H5,27,29,31,32,33). The molecule has 0 spiro atoms. The molecule has 180 valence electrons. The summed E-state index contributed by atoms with van der Waals surface area (Å²) >= 11 is 6.39. The molecule has 7 N–H and O–H groups in total. The van der Waals surface area contributed by atoms with Gasteiger partial charge in [-0.1, -0.05) is 23.7 Å². The summed E-state index contributed by atoms with van der Waals surface area (Å²) in [6.45, 7) is 0. The van der Waals surface area contributed by atoms with Gasteiger partial charge in [0.2, 0.25) is 11.9 Å². The lowest BCUT2D eigenvalue weighted by atomic mass is 10.1. The maximum Gasteiger partial charge on any atom is 0.267 e. The van der Waals surface area contributed by atoms with Crippen LogP contribution in [0.25, 0.3) is 16.6 Å². The normalized spacial score (nSPS) is 13.8. The predicted molar refractivity (Wildman–Crippen MR) is 136 cm³/mol. The Bertz CT molecular complexity index is 1640. The van der Waals surface area contributed by atoms with Gasteiger partial charge < -0.3 is 22.5 Å². The van der Waals surface area contributed by atoms with E-state index in [0.29, 0.717) is 17.0 Å². The Morgan fingerprint density at radius 1 is 1.17 bits per heavy atom. The zero-order chi connectivity index (χ0) is 25.6. The molecule has 2 aromatic heterocycles. The highest BCUT2D eigenvalue weighted by atomic mass is 35.5. The zero-order valence-electron chi connectivity index (χ0n) is 18.8. The third-order valence-corrected chi connectivity index (χ3v) is 6.31. The number of carbonyl (C=O) groups excluding carboxylic acids is 1. The van der Waals surface area contributed by atoms with Crippen molar-refractivity contribution in [1.29, 1.82) is 5.26 Å². The van der Waals surface area contributed by atoms with E-state index in [4.69, 9.17) is 33.8 Å². The molecule has 0 radical (unpaired) electrons. The van der Waals surface area contributed by atoms with Crippen LogP contribution in [0, 0.1) is 17.2 Å². The Hall–Kier alpha value is -4.69. The highest BCUT2D eigenvalue weighted by molar-refractivity contribution is 6.35. The first-order valence-corrected chi connectivity index (χ1v) is 11.4. The average molecular weight is 502 g/mol. The van der Waals surface area contributed by atoms with Crippen LogP contribution in [0.1, 0.15) is 40.6 Å². The SMILES string of the molecule is N#Cc1c(N)nc(N)nc1NC(c1nc2cccc(Cl)c2c(=O)n1-c1cccc(C(N)=O)c1)C1CC1. The third kappa shape index (κ3) is 4.03. The molecular formula is C24H20ClN9O2. The number of primary amides is 1. The van der Waals surface area contributed by atoms with Crippen molar-refractivity contribution in [2.45, 2.75) is 18.9 Å². The van der Waals surface area contributed by atoms with Crippen LogP contribution < -0.4 is 28.1 Å². The van der Waals surface area contributed by atoms with Crippen LogP contribution in [-0.4, -0.2) is 25.4 Å². The van der Waals surface area contributed by atoms with Crippen molar-refractivity contribution in [3.8, 4) is 11.8 Å². The van der Waals surface area contributed by atoms with Crippen molar-refractivity contribution in [3.05, 3.63) is 74.8 Å². The van der Waals surface area contributed by atoms with Gasteiger partial charge in [-0.3, -0.25) is 14.2 Å². The van der Waals surface area contributed by atoms with Crippen LogP contribution in [-0.2, 0) is 0 Å². The van der Waals surface area contributed by atoms with Gasteiger partial charge in [0.25, 0.3) is 5.56 Å². The van der Waals surface area contributed by atoms with Crippen LogP contribution in [0.15, 0.2) is 47.3 Å². The van der Waals surface area contributed by atoms with Crippen molar-refractivity contribution < 1.29 is 4.79 Å². The Kier molecular flexibility index (Phi) is 5.66. The Labute approximate surface area is 209 Å². The van der Waals surface area contributed by atoms with Gasteiger partial charge in [-0.05, 0) is 49.1 Å². The molecule has 36 heavy (non-hydrogen) atoms.